The highest BCUT2D eigenvalue weighted by molar-refractivity contribution is 7.80. The van der Waals surface area contributed by atoms with Crippen molar-refractivity contribution in [2.24, 2.45) is 0 Å². The number of benzene rings is 2. The fourth-order valence-electron chi connectivity index (χ4n) is 3.27. The van der Waals surface area contributed by atoms with Crippen molar-refractivity contribution in [2.75, 3.05) is 18.0 Å². The maximum atomic E-state index is 13.2. The molecule has 0 saturated carbocycles. The van der Waals surface area contributed by atoms with Crippen molar-refractivity contribution >= 4 is 46.4 Å². The Morgan fingerprint density at radius 2 is 1.86 bits per heavy atom. The number of hydrogen-bond acceptors (Lipinski definition) is 3. The van der Waals surface area contributed by atoms with Gasteiger partial charge in [-0.05, 0) is 67.5 Å². The number of thiocarbonyl (C=S) groups is 1. The van der Waals surface area contributed by atoms with Crippen molar-refractivity contribution in [3.05, 3.63) is 64.9 Å². The molecular formula is C21H21ClFN3O2S. The number of imide groups is 1. The van der Waals surface area contributed by atoms with Crippen LogP contribution in [0.4, 0.5) is 10.1 Å². The molecule has 1 fully saturated rings. The summed E-state index contributed by atoms with van der Waals surface area (Å²) in [5.74, 6) is -1.12. The first kappa shape index (κ1) is 21.2. The second-order valence-electron chi connectivity index (χ2n) is 6.67. The Morgan fingerprint density at radius 1 is 1.21 bits per heavy atom. The molecule has 1 N–H and O–H groups in total. The van der Waals surface area contributed by atoms with Gasteiger partial charge in [0, 0.05) is 18.1 Å². The Morgan fingerprint density at radius 3 is 2.48 bits per heavy atom. The Bertz CT molecular complexity index is 905. The van der Waals surface area contributed by atoms with E-state index >= 15 is 0 Å². The number of carbonyl (C=O) groups is 2. The third-order valence-corrected chi connectivity index (χ3v) is 5.36. The van der Waals surface area contributed by atoms with E-state index < -0.39 is 11.9 Å². The Labute approximate surface area is 179 Å². The number of amides is 2. The van der Waals surface area contributed by atoms with E-state index in [4.69, 9.17) is 23.8 Å². The highest BCUT2D eigenvalue weighted by Gasteiger charge is 2.43. The van der Waals surface area contributed by atoms with Gasteiger partial charge < -0.3 is 10.2 Å². The van der Waals surface area contributed by atoms with Crippen LogP contribution in [0.25, 0.3) is 0 Å². The Kier molecular flexibility index (Phi) is 6.82. The summed E-state index contributed by atoms with van der Waals surface area (Å²) in [7, 11) is 0. The van der Waals surface area contributed by atoms with Gasteiger partial charge in [0.2, 0.25) is 5.91 Å². The van der Waals surface area contributed by atoms with E-state index in [0.29, 0.717) is 35.3 Å². The van der Waals surface area contributed by atoms with Crippen LogP contribution < -0.4 is 10.2 Å². The zero-order valence-electron chi connectivity index (χ0n) is 15.9. The van der Waals surface area contributed by atoms with Crippen LogP contribution in [0.5, 0.6) is 0 Å². The lowest BCUT2D eigenvalue weighted by molar-refractivity contribution is -0.122. The summed E-state index contributed by atoms with van der Waals surface area (Å²) in [6.45, 7) is 2.98. The summed E-state index contributed by atoms with van der Waals surface area (Å²) in [5, 5.41) is 4.15. The lowest BCUT2D eigenvalue weighted by Crippen LogP contribution is -2.50. The fourth-order valence-corrected chi connectivity index (χ4v) is 3.76. The van der Waals surface area contributed by atoms with E-state index in [9.17, 15) is 14.0 Å². The SMILES string of the molecule is CCNC(=S)N(CCc1ccc(Cl)cc1)C1CC(=O)N(c2ccc(F)cc2)C1=O. The average molecular weight is 434 g/mol. The van der Waals surface area contributed by atoms with E-state index in [-0.39, 0.29) is 18.2 Å². The topological polar surface area (TPSA) is 52.7 Å². The van der Waals surface area contributed by atoms with Crippen LogP contribution in [0.3, 0.4) is 0 Å². The molecule has 0 aliphatic carbocycles. The monoisotopic (exact) mass is 433 g/mol. The van der Waals surface area contributed by atoms with Crippen molar-refractivity contribution < 1.29 is 14.0 Å². The maximum Gasteiger partial charge on any atom is 0.257 e. The molecule has 1 aliphatic heterocycles. The van der Waals surface area contributed by atoms with E-state index in [1.165, 1.54) is 24.3 Å². The van der Waals surface area contributed by atoms with Gasteiger partial charge in [-0.3, -0.25) is 9.59 Å². The molecule has 1 heterocycles. The van der Waals surface area contributed by atoms with Gasteiger partial charge in [-0.1, -0.05) is 23.7 Å². The molecule has 1 saturated heterocycles. The predicted molar refractivity (Wildman–Crippen MR) is 115 cm³/mol. The molecule has 152 valence electrons. The first-order valence-electron chi connectivity index (χ1n) is 9.32. The first-order chi connectivity index (χ1) is 13.9. The van der Waals surface area contributed by atoms with Gasteiger partial charge in [-0.25, -0.2) is 9.29 Å². The second-order valence-corrected chi connectivity index (χ2v) is 7.49. The molecule has 1 aliphatic rings. The van der Waals surface area contributed by atoms with Crippen LogP contribution in [0.1, 0.15) is 18.9 Å². The number of nitrogens with zero attached hydrogens (tertiary/aromatic N) is 2. The quantitative estimate of drug-likeness (QED) is 0.557. The molecule has 0 aromatic heterocycles. The van der Waals surface area contributed by atoms with Crippen LogP contribution in [-0.4, -0.2) is 41.0 Å². The average Bonchev–Trinajstić information content (AvgIpc) is 2.99. The molecule has 3 rings (SSSR count). The van der Waals surface area contributed by atoms with Crippen LogP contribution >= 0.6 is 23.8 Å². The van der Waals surface area contributed by atoms with Gasteiger partial charge in [-0.2, -0.15) is 0 Å². The molecule has 1 unspecified atom stereocenters. The molecule has 0 spiro atoms. The summed E-state index contributed by atoms with van der Waals surface area (Å²) >= 11 is 11.4. The van der Waals surface area contributed by atoms with Crippen LogP contribution in [0.15, 0.2) is 48.5 Å². The fraction of sp³-hybridized carbons (Fsp3) is 0.286. The highest BCUT2D eigenvalue weighted by atomic mass is 35.5. The largest absolute Gasteiger partial charge is 0.363 e. The molecule has 29 heavy (non-hydrogen) atoms. The first-order valence-corrected chi connectivity index (χ1v) is 10.1. The minimum absolute atomic E-state index is 0.0162. The normalized spacial score (nSPS) is 16.2. The third kappa shape index (κ3) is 4.92. The minimum atomic E-state index is -0.702. The predicted octanol–water partition coefficient (Wildman–Crippen LogP) is 3.55. The number of nitrogens with one attached hydrogen (secondary N) is 1. The van der Waals surface area contributed by atoms with Gasteiger partial charge in [0.15, 0.2) is 5.11 Å². The van der Waals surface area contributed by atoms with Crippen LogP contribution in [-0.2, 0) is 16.0 Å². The molecule has 0 radical (unpaired) electrons. The van der Waals surface area contributed by atoms with Crippen molar-refractivity contribution in [3.8, 4) is 0 Å². The lowest BCUT2D eigenvalue weighted by atomic mass is 10.1. The van der Waals surface area contributed by atoms with Crippen molar-refractivity contribution in [3.63, 3.8) is 0 Å². The highest BCUT2D eigenvalue weighted by Crippen LogP contribution is 2.26. The smallest absolute Gasteiger partial charge is 0.257 e. The zero-order valence-corrected chi connectivity index (χ0v) is 17.5. The van der Waals surface area contributed by atoms with Gasteiger partial charge in [-0.15, -0.1) is 0 Å². The molecule has 8 heteroatoms. The molecular weight excluding hydrogens is 413 g/mol. The lowest BCUT2D eigenvalue weighted by Gasteiger charge is -2.30. The summed E-state index contributed by atoms with van der Waals surface area (Å²) in [6.07, 6.45) is 0.652. The third-order valence-electron chi connectivity index (χ3n) is 4.73. The molecule has 5 nitrogen and oxygen atoms in total. The van der Waals surface area contributed by atoms with Crippen molar-refractivity contribution in [1.82, 2.24) is 10.2 Å². The standard InChI is InChI=1S/C21H21ClFN3O2S/c1-2-24-21(29)25(12-11-14-3-5-15(22)6-4-14)18-13-19(27)26(20(18)28)17-9-7-16(23)8-10-17/h3-10,18H,2,11-13H2,1H3,(H,24,29). The van der Waals surface area contributed by atoms with E-state index in [1.807, 2.05) is 31.2 Å². The summed E-state index contributed by atoms with van der Waals surface area (Å²) in [6, 6.07) is 12.1. The van der Waals surface area contributed by atoms with Crippen LogP contribution in [0, 0.1) is 5.82 Å². The van der Waals surface area contributed by atoms with Gasteiger partial charge in [0.1, 0.15) is 11.9 Å². The maximum absolute atomic E-state index is 13.2. The molecule has 1 atom stereocenters. The van der Waals surface area contributed by atoms with E-state index in [2.05, 4.69) is 5.32 Å². The molecule has 2 amide bonds. The summed E-state index contributed by atoms with van der Waals surface area (Å²) < 4.78 is 13.2. The van der Waals surface area contributed by atoms with Crippen molar-refractivity contribution in [1.29, 1.82) is 0 Å². The zero-order chi connectivity index (χ0) is 21.0. The molecule has 2 aromatic rings. The van der Waals surface area contributed by atoms with E-state index in [0.717, 1.165) is 10.5 Å². The Balaban J connectivity index is 1.80. The number of rotatable bonds is 6. The van der Waals surface area contributed by atoms with Crippen molar-refractivity contribution in [2.45, 2.75) is 25.8 Å². The summed E-state index contributed by atoms with van der Waals surface area (Å²) in [4.78, 5) is 28.5. The number of halogens is 2. The number of hydrogen-bond donors (Lipinski definition) is 1. The molecule has 0 bridgehead atoms. The Hall–Kier alpha value is -2.51. The summed E-state index contributed by atoms with van der Waals surface area (Å²) in [5.41, 5.74) is 1.40. The van der Waals surface area contributed by atoms with Gasteiger partial charge in [0.05, 0.1) is 12.1 Å². The van der Waals surface area contributed by atoms with Gasteiger partial charge in [0.25, 0.3) is 5.91 Å². The van der Waals surface area contributed by atoms with Crippen LogP contribution in [0.2, 0.25) is 5.02 Å². The van der Waals surface area contributed by atoms with E-state index in [1.54, 1.807) is 4.90 Å². The number of anilines is 1. The minimum Gasteiger partial charge on any atom is -0.363 e. The number of carbonyl (C=O) groups excluding carboxylic acids is 2. The molecule has 2 aromatic carbocycles. The second kappa shape index (κ2) is 9.33. The van der Waals surface area contributed by atoms with Gasteiger partial charge >= 0.3 is 0 Å².